The summed E-state index contributed by atoms with van der Waals surface area (Å²) >= 11 is 0. The van der Waals surface area contributed by atoms with Crippen LogP contribution in [0.5, 0.6) is 0 Å². The van der Waals surface area contributed by atoms with Gasteiger partial charge in [-0.25, -0.2) is 0 Å². The molecule has 0 aromatic carbocycles. The number of ether oxygens (including phenoxy) is 1. The Bertz CT molecular complexity index is 322. The van der Waals surface area contributed by atoms with Crippen molar-refractivity contribution in [2.75, 3.05) is 26.2 Å². The van der Waals surface area contributed by atoms with Crippen molar-refractivity contribution in [1.29, 1.82) is 0 Å². The Balaban J connectivity index is 1.63. The first kappa shape index (κ1) is 15.8. The Kier molecular flexibility index (Phi) is 5.58. The average molecular weight is 294 g/mol. The fourth-order valence-electron chi connectivity index (χ4n) is 4.78. The first-order valence-electron chi connectivity index (χ1n) is 9.37. The van der Waals surface area contributed by atoms with Crippen molar-refractivity contribution < 1.29 is 4.74 Å². The van der Waals surface area contributed by atoms with Gasteiger partial charge in [-0.05, 0) is 57.0 Å². The van der Waals surface area contributed by atoms with E-state index in [9.17, 15) is 0 Å². The molecule has 0 aromatic heterocycles. The molecule has 0 bridgehead atoms. The number of fused-ring (bicyclic) bond motifs is 1. The second-order valence-electron chi connectivity index (χ2n) is 7.67. The zero-order valence-electron chi connectivity index (χ0n) is 14.0. The van der Waals surface area contributed by atoms with Crippen LogP contribution in [-0.2, 0) is 4.74 Å². The average Bonchev–Trinajstić information content (AvgIpc) is 2.95. The SMILES string of the molecule is CCCNC(C1CCCC(C)C1)C1CN2CCCC2CO1. The lowest BCUT2D eigenvalue weighted by molar-refractivity contribution is -0.0770. The number of morpholine rings is 1. The highest BCUT2D eigenvalue weighted by molar-refractivity contribution is 4.94. The molecule has 1 N–H and O–H groups in total. The molecule has 3 heteroatoms. The van der Waals surface area contributed by atoms with E-state index >= 15 is 0 Å². The summed E-state index contributed by atoms with van der Waals surface area (Å²) in [6.07, 6.45) is 9.99. The number of hydrogen-bond donors (Lipinski definition) is 1. The van der Waals surface area contributed by atoms with E-state index < -0.39 is 0 Å². The summed E-state index contributed by atoms with van der Waals surface area (Å²) in [6, 6.07) is 1.30. The third-order valence-corrected chi connectivity index (χ3v) is 5.93. The molecule has 5 atom stereocenters. The van der Waals surface area contributed by atoms with Crippen LogP contribution in [0.1, 0.15) is 58.8 Å². The fourth-order valence-corrected chi connectivity index (χ4v) is 4.78. The molecule has 3 aliphatic rings. The molecule has 21 heavy (non-hydrogen) atoms. The zero-order chi connectivity index (χ0) is 14.7. The number of rotatable bonds is 5. The first-order valence-corrected chi connectivity index (χ1v) is 9.37. The van der Waals surface area contributed by atoms with Gasteiger partial charge < -0.3 is 10.1 Å². The van der Waals surface area contributed by atoms with Crippen LogP contribution >= 0.6 is 0 Å². The van der Waals surface area contributed by atoms with Crippen molar-refractivity contribution >= 4 is 0 Å². The summed E-state index contributed by atoms with van der Waals surface area (Å²) in [5.74, 6) is 1.72. The molecule has 2 heterocycles. The molecule has 0 aromatic rings. The van der Waals surface area contributed by atoms with Gasteiger partial charge in [-0.2, -0.15) is 0 Å². The summed E-state index contributed by atoms with van der Waals surface area (Å²) in [5.41, 5.74) is 0. The Morgan fingerprint density at radius 1 is 1.24 bits per heavy atom. The summed E-state index contributed by atoms with van der Waals surface area (Å²) in [6.45, 7) is 9.27. The Labute approximate surface area is 130 Å². The van der Waals surface area contributed by atoms with Crippen LogP contribution in [0, 0.1) is 11.8 Å². The molecule has 3 nitrogen and oxygen atoms in total. The Morgan fingerprint density at radius 2 is 2.14 bits per heavy atom. The second-order valence-corrected chi connectivity index (χ2v) is 7.67. The molecule has 3 fully saturated rings. The van der Waals surface area contributed by atoms with Gasteiger partial charge in [0.05, 0.1) is 12.7 Å². The maximum absolute atomic E-state index is 6.34. The zero-order valence-corrected chi connectivity index (χ0v) is 14.0. The smallest absolute Gasteiger partial charge is 0.0858 e. The highest BCUT2D eigenvalue weighted by Gasteiger charge is 2.39. The molecule has 1 aliphatic carbocycles. The predicted molar refractivity (Wildman–Crippen MR) is 87.5 cm³/mol. The van der Waals surface area contributed by atoms with Crippen molar-refractivity contribution in [3.63, 3.8) is 0 Å². The molecular weight excluding hydrogens is 260 g/mol. The van der Waals surface area contributed by atoms with E-state index in [0.717, 1.165) is 37.6 Å². The molecule has 0 amide bonds. The van der Waals surface area contributed by atoms with Gasteiger partial charge in [-0.1, -0.05) is 26.7 Å². The summed E-state index contributed by atoms with van der Waals surface area (Å²) in [4.78, 5) is 2.70. The lowest BCUT2D eigenvalue weighted by Crippen LogP contribution is -2.57. The predicted octanol–water partition coefficient (Wildman–Crippen LogP) is 3.04. The minimum Gasteiger partial charge on any atom is -0.374 e. The largest absolute Gasteiger partial charge is 0.374 e. The third kappa shape index (κ3) is 3.80. The molecule has 3 rings (SSSR count). The standard InChI is InChI=1S/C18H34N2O/c1-3-9-19-18(15-7-4-6-14(2)11-15)17-12-20-10-5-8-16(20)13-21-17/h14-19H,3-13H2,1-2H3. The topological polar surface area (TPSA) is 24.5 Å². The van der Waals surface area contributed by atoms with Crippen LogP contribution in [0.4, 0.5) is 0 Å². The summed E-state index contributed by atoms with van der Waals surface area (Å²) < 4.78 is 6.34. The van der Waals surface area contributed by atoms with Gasteiger partial charge in [0.15, 0.2) is 0 Å². The van der Waals surface area contributed by atoms with Gasteiger partial charge in [0.25, 0.3) is 0 Å². The van der Waals surface area contributed by atoms with Crippen LogP contribution in [-0.4, -0.2) is 49.3 Å². The monoisotopic (exact) mass is 294 g/mol. The van der Waals surface area contributed by atoms with Gasteiger partial charge in [0, 0.05) is 18.6 Å². The first-order chi connectivity index (χ1) is 10.3. The van der Waals surface area contributed by atoms with Gasteiger partial charge >= 0.3 is 0 Å². The summed E-state index contributed by atoms with van der Waals surface area (Å²) in [5, 5.41) is 3.86. The van der Waals surface area contributed by atoms with E-state index in [0.29, 0.717) is 12.1 Å². The normalized spacial score (nSPS) is 39.1. The number of nitrogens with one attached hydrogen (secondary N) is 1. The van der Waals surface area contributed by atoms with E-state index in [1.54, 1.807) is 0 Å². The maximum atomic E-state index is 6.34. The number of nitrogens with zero attached hydrogens (tertiary/aromatic N) is 1. The minimum absolute atomic E-state index is 0.418. The molecule has 0 spiro atoms. The van der Waals surface area contributed by atoms with Gasteiger partial charge in [0.2, 0.25) is 0 Å². The van der Waals surface area contributed by atoms with Gasteiger partial charge in [0.1, 0.15) is 0 Å². The molecule has 122 valence electrons. The molecule has 2 saturated heterocycles. The van der Waals surface area contributed by atoms with E-state index in [-0.39, 0.29) is 0 Å². The number of hydrogen-bond acceptors (Lipinski definition) is 3. The van der Waals surface area contributed by atoms with Crippen LogP contribution in [0.2, 0.25) is 0 Å². The maximum Gasteiger partial charge on any atom is 0.0858 e. The second kappa shape index (κ2) is 7.43. The van der Waals surface area contributed by atoms with Crippen LogP contribution in [0.15, 0.2) is 0 Å². The lowest BCUT2D eigenvalue weighted by atomic mass is 9.76. The fraction of sp³-hybridized carbons (Fsp3) is 1.00. The molecule has 1 saturated carbocycles. The van der Waals surface area contributed by atoms with Gasteiger partial charge in [-0.15, -0.1) is 0 Å². The van der Waals surface area contributed by atoms with E-state index in [4.69, 9.17) is 4.74 Å². The molecule has 5 unspecified atom stereocenters. The van der Waals surface area contributed by atoms with Crippen LogP contribution in [0.3, 0.4) is 0 Å². The van der Waals surface area contributed by atoms with Crippen LogP contribution < -0.4 is 5.32 Å². The Hall–Kier alpha value is -0.120. The van der Waals surface area contributed by atoms with Crippen LogP contribution in [0.25, 0.3) is 0 Å². The van der Waals surface area contributed by atoms with E-state index in [2.05, 4.69) is 24.1 Å². The van der Waals surface area contributed by atoms with Crippen molar-refractivity contribution in [1.82, 2.24) is 10.2 Å². The highest BCUT2D eigenvalue weighted by atomic mass is 16.5. The Morgan fingerprint density at radius 3 is 2.95 bits per heavy atom. The van der Waals surface area contributed by atoms with E-state index in [1.807, 2.05) is 0 Å². The molecule has 0 radical (unpaired) electrons. The quantitative estimate of drug-likeness (QED) is 0.843. The van der Waals surface area contributed by atoms with Gasteiger partial charge in [-0.3, -0.25) is 4.90 Å². The lowest BCUT2D eigenvalue weighted by Gasteiger charge is -2.43. The third-order valence-electron chi connectivity index (χ3n) is 5.93. The summed E-state index contributed by atoms with van der Waals surface area (Å²) in [7, 11) is 0. The molecule has 2 aliphatic heterocycles. The minimum atomic E-state index is 0.418. The van der Waals surface area contributed by atoms with Crippen molar-refractivity contribution in [2.24, 2.45) is 11.8 Å². The van der Waals surface area contributed by atoms with E-state index in [1.165, 1.54) is 51.5 Å². The molecular formula is C18H34N2O. The highest BCUT2D eigenvalue weighted by Crippen LogP contribution is 2.34. The van der Waals surface area contributed by atoms with Crippen molar-refractivity contribution in [2.45, 2.75) is 77.0 Å². The van der Waals surface area contributed by atoms with Crippen molar-refractivity contribution in [3.8, 4) is 0 Å². The van der Waals surface area contributed by atoms with Crippen molar-refractivity contribution in [3.05, 3.63) is 0 Å².